The minimum atomic E-state index is 0. The second kappa shape index (κ2) is 277. The number of nitrogens with zero attached hydrogens (tertiary/aromatic N) is 4. The predicted molar refractivity (Wildman–Crippen MR) is 37.1 cm³/mol. The maximum Gasteiger partial charge on any atom is 0.152 e. The van der Waals surface area contributed by atoms with Crippen molar-refractivity contribution in [3.8, 4) is 0 Å². The summed E-state index contributed by atoms with van der Waals surface area (Å²) in [4.78, 5) is 32.4. The summed E-state index contributed by atoms with van der Waals surface area (Å²) in [7, 11) is 0. The molecule has 0 amide bonds. The molecule has 0 saturated carbocycles. The summed E-state index contributed by atoms with van der Waals surface area (Å²) in [5.41, 5.74) is 0. The van der Waals surface area contributed by atoms with E-state index in [1.807, 2.05) is 0 Å². The van der Waals surface area contributed by atoms with Crippen LogP contribution in [0.3, 0.4) is 0 Å². The SMILES string of the molecule is C.O=NO.O=NO.O=NO.O=NO. The van der Waals surface area contributed by atoms with Crippen molar-refractivity contribution in [1.82, 2.24) is 0 Å². The van der Waals surface area contributed by atoms with Gasteiger partial charge in [-0.1, -0.05) is 7.43 Å². The average Bonchev–Trinajstić information content (AvgIpc) is 1.92. The molecule has 0 unspecified atom stereocenters. The van der Waals surface area contributed by atoms with Gasteiger partial charge in [-0.2, -0.15) is 0 Å². The summed E-state index contributed by atoms with van der Waals surface area (Å²) in [5.74, 6) is 0. The molecule has 0 aliphatic rings. The van der Waals surface area contributed by atoms with E-state index in [1.54, 1.807) is 0 Å². The van der Waals surface area contributed by atoms with E-state index in [0.29, 0.717) is 0 Å². The van der Waals surface area contributed by atoms with Crippen LogP contribution >= 0.6 is 0 Å². The van der Waals surface area contributed by atoms with Gasteiger partial charge in [0.1, 0.15) is 0 Å². The minimum Gasteiger partial charge on any atom is -0.379 e. The molecule has 0 rings (SSSR count). The number of rotatable bonds is 0. The summed E-state index contributed by atoms with van der Waals surface area (Å²) in [6.45, 7) is 0. The predicted octanol–water partition coefficient (Wildman–Crippen LogP) is 1.20. The van der Waals surface area contributed by atoms with Gasteiger partial charge in [0.15, 0.2) is 21.4 Å². The van der Waals surface area contributed by atoms with Crippen LogP contribution in [0.4, 0.5) is 0 Å². The molecular weight excluding hydrogens is 196 g/mol. The fraction of sp³-hybridized carbons (Fsp3) is 1.00. The molecule has 0 fully saturated rings. The van der Waals surface area contributed by atoms with Crippen LogP contribution < -0.4 is 0 Å². The Morgan fingerprint density at radius 2 is 0.538 bits per heavy atom. The smallest absolute Gasteiger partial charge is 0.152 e. The lowest BCUT2D eigenvalue weighted by Crippen LogP contribution is -1.25. The highest BCUT2D eigenvalue weighted by Crippen LogP contribution is 1.26. The Balaban J connectivity index is -0.0000000213. The van der Waals surface area contributed by atoms with Gasteiger partial charge in [0.25, 0.3) is 0 Å². The summed E-state index contributed by atoms with van der Waals surface area (Å²) in [6.07, 6.45) is 0. The highest BCUT2D eigenvalue weighted by molar-refractivity contribution is 3.84. The van der Waals surface area contributed by atoms with Crippen LogP contribution in [-0.2, 0) is 0 Å². The second-order valence-corrected chi connectivity index (χ2v) is 0.327. The fourth-order valence-corrected chi connectivity index (χ4v) is 0. The third-order valence-electron chi connectivity index (χ3n) is 0. The topological polar surface area (TPSA) is 199 Å². The van der Waals surface area contributed by atoms with Gasteiger partial charge in [-0.3, -0.25) is 0 Å². The second-order valence-electron chi connectivity index (χ2n) is 0.327. The van der Waals surface area contributed by atoms with Crippen LogP contribution in [0.5, 0.6) is 0 Å². The fourth-order valence-electron chi connectivity index (χ4n) is 0. The molecule has 12 heteroatoms. The summed E-state index contributed by atoms with van der Waals surface area (Å²) in [5, 5.41) is 31.6. The van der Waals surface area contributed by atoms with Crippen LogP contribution in [0.25, 0.3) is 0 Å². The Kier molecular flexibility index (Phi) is 665. The van der Waals surface area contributed by atoms with E-state index in [9.17, 15) is 0 Å². The standard InChI is InChI=1S/CH4.4HNO2/c;4*2-1-3/h1H4;4*(H,2,3). The van der Waals surface area contributed by atoms with E-state index in [-0.39, 0.29) is 7.43 Å². The van der Waals surface area contributed by atoms with Gasteiger partial charge in [-0.05, 0) is 0 Å². The molecule has 0 spiro atoms. The minimum absolute atomic E-state index is 0. The molecule has 0 saturated heterocycles. The van der Waals surface area contributed by atoms with Crippen molar-refractivity contribution >= 4 is 0 Å². The monoisotopic (exact) mass is 204 g/mol. The third-order valence-corrected chi connectivity index (χ3v) is 0. The summed E-state index contributed by atoms with van der Waals surface area (Å²) in [6, 6.07) is 0. The maximum absolute atomic E-state index is 8.11. The largest absolute Gasteiger partial charge is 0.379 e. The number of hydrogen-bond donors (Lipinski definition) is 4. The van der Waals surface area contributed by atoms with Gasteiger partial charge in [0.05, 0.1) is 0 Å². The molecule has 0 aromatic rings. The Morgan fingerprint density at radius 3 is 0.538 bits per heavy atom. The Hall–Kier alpha value is -2.40. The third kappa shape index (κ3) is 96.3. The maximum atomic E-state index is 8.11. The number of hydrogen-bond acceptors (Lipinski definition) is 8. The van der Waals surface area contributed by atoms with Crippen molar-refractivity contribution in [2.24, 2.45) is 21.4 Å². The van der Waals surface area contributed by atoms with Gasteiger partial charge in [-0.25, -0.2) is 0 Å². The van der Waals surface area contributed by atoms with Gasteiger partial charge in [0, 0.05) is 0 Å². The van der Waals surface area contributed by atoms with Gasteiger partial charge in [-0.15, -0.1) is 19.6 Å². The van der Waals surface area contributed by atoms with E-state index in [1.165, 1.54) is 21.4 Å². The summed E-state index contributed by atoms with van der Waals surface area (Å²) >= 11 is 0. The lowest BCUT2D eigenvalue weighted by molar-refractivity contribution is 0.312. The van der Waals surface area contributed by atoms with E-state index in [2.05, 4.69) is 0 Å². The normalized spacial score (nSPS) is 3.69. The molecule has 0 atom stereocenters. The molecule has 0 radical (unpaired) electrons. The van der Waals surface area contributed by atoms with Crippen molar-refractivity contribution in [3.63, 3.8) is 0 Å². The highest BCUT2D eigenvalue weighted by atomic mass is 16.6. The molecule has 13 heavy (non-hydrogen) atoms. The molecule has 0 bridgehead atoms. The Morgan fingerprint density at radius 1 is 0.538 bits per heavy atom. The van der Waals surface area contributed by atoms with Gasteiger partial charge < -0.3 is 20.8 Å². The average molecular weight is 204 g/mol. The molecule has 0 aliphatic heterocycles. The molecule has 0 aromatic heterocycles. The van der Waals surface area contributed by atoms with E-state index >= 15 is 0 Å². The lowest BCUT2D eigenvalue weighted by atomic mass is 12.0. The van der Waals surface area contributed by atoms with Crippen LogP contribution in [-0.4, -0.2) is 20.8 Å². The van der Waals surface area contributed by atoms with Crippen molar-refractivity contribution in [2.45, 2.75) is 7.43 Å². The molecule has 0 aromatic carbocycles. The van der Waals surface area contributed by atoms with E-state index < -0.39 is 0 Å². The first-order valence-electron chi connectivity index (χ1n) is 1.53. The molecular formula is CH8N4O8. The van der Waals surface area contributed by atoms with Crippen LogP contribution in [0.1, 0.15) is 7.43 Å². The Labute approximate surface area is 70.5 Å². The van der Waals surface area contributed by atoms with Crippen molar-refractivity contribution in [1.29, 1.82) is 0 Å². The van der Waals surface area contributed by atoms with Crippen molar-refractivity contribution in [2.75, 3.05) is 0 Å². The molecule has 0 heterocycles. The quantitative estimate of drug-likeness (QED) is 0.332. The molecule has 0 aliphatic carbocycles. The van der Waals surface area contributed by atoms with Gasteiger partial charge in [0.2, 0.25) is 0 Å². The molecule has 12 nitrogen and oxygen atoms in total. The summed E-state index contributed by atoms with van der Waals surface area (Å²) < 4.78 is 0. The van der Waals surface area contributed by atoms with E-state index in [4.69, 9.17) is 40.5 Å². The lowest BCUT2D eigenvalue weighted by Gasteiger charge is -1.32. The zero-order valence-electron chi connectivity index (χ0n) is 5.21. The van der Waals surface area contributed by atoms with Gasteiger partial charge >= 0.3 is 0 Å². The first-order valence-corrected chi connectivity index (χ1v) is 1.53. The molecule has 4 N–H and O–H groups in total. The van der Waals surface area contributed by atoms with Crippen LogP contribution in [0.15, 0.2) is 21.4 Å². The first kappa shape index (κ1) is 31.2. The van der Waals surface area contributed by atoms with E-state index in [0.717, 1.165) is 0 Å². The van der Waals surface area contributed by atoms with Crippen LogP contribution in [0, 0.1) is 19.6 Å². The zero-order valence-corrected chi connectivity index (χ0v) is 5.21. The van der Waals surface area contributed by atoms with Crippen molar-refractivity contribution < 1.29 is 20.8 Å². The van der Waals surface area contributed by atoms with Crippen molar-refractivity contribution in [3.05, 3.63) is 19.6 Å². The first-order chi connectivity index (χ1) is 5.66. The highest BCUT2D eigenvalue weighted by Gasteiger charge is 1.19. The molecule has 80 valence electrons. The Bertz CT molecular complexity index is 70.1. The van der Waals surface area contributed by atoms with Crippen LogP contribution in [0.2, 0.25) is 0 Å². The zero-order chi connectivity index (χ0) is 10.8.